The molecule has 5 nitrogen and oxygen atoms in total. The van der Waals surface area contributed by atoms with Gasteiger partial charge in [-0.2, -0.15) is 4.98 Å². The van der Waals surface area contributed by atoms with E-state index in [-0.39, 0.29) is 11.6 Å². The molecule has 1 N–H and O–H groups in total. The summed E-state index contributed by atoms with van der Waals surface area (Å²) in [5.41, 5.74) is 2.75. The molecule has 5 heteroatoms. The highest BCUT2D eigenvalue weighted by Crippen LogP contribution is 2.37. The Balaban J connectivity index is 1.66. The van der Waals surface area contributed by atoms with Crippen LogP contribution >= 0.6 is 0 Å². The van der Waals surface area contributed by atoms with Gasteiger partial charge in [0.15, 0.2) is 0 Å². The molecule has 2 aromatic heterocycles. The fourth-order valence-electron chi connectivity index (χ4n) is 4.75. The van der Waals surface area contributed by atoms with E-state index in [0.717, 1.165) is 23.9 Å². The van der Waals surface area contributed by atoms with Gasteiger partial charge in [0.2, 0.25) is 5.95 Å². The molecule has 0 spiro atoms. The van der Waals surface area contributed by atoms with Gasteiger partial charge in [-0.25, -0.2) is 4.98 Å². The molecule has 1 atom stereocenters. The van der Waals surface area contributed by atoms with E-state index in [2.05, 4.69) is 34.6 Å². The number of hydrogen-bond donors (Lipinski definition) is 1. The first-order chi connectivity index (χ1) is 15.3. The molecule has 156 valence electrons. The van der Waals surface area contributed by atoms with Gasteiger partial charge in [-0.05, 0) is 42.5 Å². The molecule has 2 aromatic carbocycles. The molecule has 1 aliphatic carbocycles. The fourth-order valence-corrected chi connectivity index (χ4v) is 4.75. The van der Waals surface area contributed by atoms with Gasteiger partial charge in [0.25, 0.3) is 5.56 Å². The van der Waals surface area contributed by atoms with Crippen LogP contribution in [0.4, 0.5) is 11.6 Å². The number of para-hydroxylation sites is 1. The fraction of sp³-hybridized carbons (Fsp3) is 0.269. The Morgan fingerprint density at radius 3 is 2.32 bits per heavy atom. The summed E-state index contributed by atoms with van der Waals surface area (Å²) in [6.45, 7) is 0. The average Bonchev–Trinajstić information content (AvgIpc) is 2.83. The van der Waals surface area contributed by atoms with Crippen molar-refractivity contribution < 1.29 is 0 Å². The topological polar surface area (TPSA) is 59.8 Å². The molecule has 0 amide bonds. The van der Waals surface area contributed by atoms with Gasteiger partial charge in [-0.3, -0.25) is 9.36 Å². The second kappa shape index (κ2) is 8.72. The summed E-state index contributed by atoms with van der Waals surface area (Å²) in [4.78, 5) is 22.5. The number of nitrogens with one attached hydrogen (secondary N) is 1. The van der Waals surface area contributed by atoms with E-state index in [1.54, 1.807) is 12.3 Å². The maximum Gasteiger partial charge on any atom is 0.252 e. The van der Waals surface area contributed by atoms with Crippen LogP contribution in [0.2, 0.25) is 0 Å². The molecular weight excluding hydrogens is 384 g/mol. The van der Waals surface area contributed by atoms with Gasteiger partial charge in [0.1, 0.15) is 5.65 Å². The molecule has 4 aromatic rings. The number of benzene rings is 2. The first-order valence-corrected chi connectivity index (χ1v) is 11.0. The van der Waals surface area contributed by atoms with Crippen molar-refractivity contribution in [2.24, 2.45) is 5.92 Å². The van der Waals surface area contributed by atoms with E-state index in [1.807, 2.05) is 47.0 Å². The Bertz CT molecular complexity index is 1210. The lowest BCUT2D eigenvalue weighted by Gasteiger charge is -2.32. The monoisotopic (exact) mass is 410 g/mol. The van der Waals surface area contributed by atoms with Gasteiger partial charge in [0, 0.05) is 23.3 Å². The van der Waals surface area contributed by atoms with Crippen LogP contribution in [0.1, 0.15) is 43.7 Å². The van der Waals surface area contributed by atoms with Gasteiger partial charge < -0.3 is 5.32 Å². The molecule has 1 aliphatic rings. The Hall–Kier alpha value is -3.47. The van der Waals surface area contributed by atoms with Crippen molar-refractivity contribution in [3.8, 4) is 0 Å². The number of hydrogen-bond acceptors (Lipinski definition) is 4. The average molecular weight is 411 g/mol. The molecule has 31 heavy (non-hydrogen) atoms. The zero-order valence-electron chi connectivity index (χ0n) is 17.4. The number of anilines is 2. The van der Waals surface area contributed by atoms with Crippen molar-refractivity contribution in [1.29, 1.82) is 0 Å². The molecule has 0 aliphatic heterocycles. The van der Waals surface area contributed by atoms with Crippen molar-refractivity contribution in [3.05, 3.63) is 94.9 Å². The van der Waals surface area contributed by atoms with Crippen molar-refractivity contribution >= 4 is 22.7 Å². The molecule has 1 saturated carbocycles. The standard InChI is InChI=1S/C26H26N4O/c31-23-17-16-21-18-27-26(28-22-14-8-3-9-15-22)29-25(21)30(23)24(19-10-4-1-5-11-19)20-12-6-2-7-13-20/h1,3-5,8-11,14-18,20,24H,2,6-7,12-13H2,(H,27,28,29). The molecule has 0 radical (unpaired) electrons. The van der Waals surface area contributed by atoms with Crippen LogP contribution in [-0.2, 0) is 0 Å². The highest BCUT2D eigenvalue weighted by Gasteiger charge is 2.28. The summed E-state index contributed by atoms with van der Waals surface area (Å²) in [6.07, 6.45) is 7.75. The maximum absolute atomic E-state index is 13.2. The summed E-state index contributed by atoms with van der Waals surface area (Å²) < 4.78 is 1.90. The van der Waals surface area contributed by atoms with Crippen LogP contribution in [0.15, 0.2) is 83.8 Å². The van der Waals surface area contributed by atoms with E-state index in [0.29, 0.717) is 17.5 Å². The number of rotatable bonds is 5. The summed E-state index contributed by atoms with van der Waals surface area (Å²) in [7, 11) is 0. The third kappa shape index (κ3) is 4.08. The predicted molar refractivity (Wildman–Crippen MR) is 125 cm³/mol. The lowest BCUT2D eigenvalue weighted by Crippen LogP contribution is -2.32. The Labute approximate surface area is 181 Å². The molecule has 2 heterocycles. The molecule has 5 rings (SSSR count). The molecule has 0 saturated heterocycles. The van der Waals surface area contributed by atoms with Crippen LogP contribution in [0.25, 0.3) is 11.0 Å². The number of nitrogens with zero attached hydrogens (tertiary/aromatic N) is 3. The predicted octanol–water partition coefficient (Wildman–Crippen LogP) is 5.70. The number of pyridine rings is 1. The first kappa shape index (κ1) is 19.5. The largest absolute Gasteiger partial charge is 0.324 e. The Kier molecular flexibility index (Phi) is 5.48. The SMILES string of the molecule is O=c1ccc2cnc(Nc3ccccc3)nc2n1C(c1ccccc1)C1CCCCC1. The minimum Gasteiger partial charge on any atom is -0.324 e. The van der Waals surface area contributed by atoms with Gasteiger partial charge >= 0.3 is 0 Å². The molecule has 0 bridgehead atoms. The molecular formula is C26H26N4O. The lowest BCUT2D eigenvalue weighted by atomic mass is 9.81. The van der Waals surface area contributed by atoms with Gasteiger partial charge in [-0.15, -0.1) is 0 Å². The van der Waals surface area contributed by atoms with Crippen molar-refractivity contribution in [3.63, 3.8) is 0 Å². The van der Waals surface area contributed by atoms with E-state index < -0.39 is 0 Å². The minimum atomic E-state index is -0.0304. The van der Waals surface area contributed by atoms with E-state index >= 15 is 0 Å². The zero-order valence-corrected chi connectivity index (χ0v) is 17.4. The van der Waals surface area contributed by atoms with Crippen LogP contribution in [0, 0.1) is 5.92 Å². The zero-order chi connectivity index (χ0) is 21.0. The maximum atomic E-state index is 13.2. The molecule has 1 fully saturated rings. The smallest absolute Gasteiger partial charge is 0.252 e. The van der Waals surface area contributed by atoms with Gasteiger partial charge in [-0.1, -0.05) is 67.8 Å². The third-order valence-electron chi connectivity index (χ3n) is 6.21. The highest BCUT2D eigenvalue weighted by atomic mass is 16.1. The second-order valence-electron chi connectivity index (χ2n) is 8.26. The summed E-state index contributed by atoms with van der Waals surface area (Å²) >= 11 is 0. The van der Waals surface area contributed by atoms with E-state index in [1.165, 1.54) is 24.8 Å². The van der Waals surface area contributed by atoms with Crippen LogP contribution in [-0.4, -0.2) is 14.5 Å². The van der Waals surface area contributed by atoms with E-state index in [9.17, 15) is 4.79 Å². The second-order valence-corrected chi connectivity index (χ2v) is 8.26. The van der Waals surface area contributed by atoms with Crippen LogP contribution in [0.5, 0.6) is 0 Å². The van der Waals surface area contributed by atoms with E-state index in [4.69, 9.17) is 4.98 Å². The van der Waals surface area contributed by atoms with Gasteiger partial charge in [0.05, 0.1) is 6.04 Å². The third-order valence-corrected chi connectivity index (χ3v) is 6.21. The minimum absolute atomic E-state index is 0.0173. The summed E-state index contributed by atoms with van der Waals surface area (Å²) in [5.74, 6) is 0.911. The molecule has 1 unspecified atom stereocenters. The number of fused-ring (bicyclic) bond motifs is 1. The highest BCUT2D eigenvalue weighted by molar-refractivity contribution is 5.76. The first-order valence-electron chi connectivity index (χ1n) is 11.0. The van der Waals surface area contributed by atoms with Crippen molar-refractivity contribution in [2.75, 3.05) is 5.32 Å². The van der Waals surface area contributed by atoms with Crippen LogP contribution in [0.3, 0.4) is 0 Å². The van der Waals surface area contributed by atoms with Crippen molar-refractivity contribution in [1.82, 2.24) is 14.5 Å². The lowest BCUT2D eigenvalue weighted by molar-refractivity contribution is 0.279. The Morgan fingerprint density at radius 2 is 1.58 bits per heavy atom. The number of aromatic nitrogens is 3. The quantitative estimate of drug-likeness (QED) is 0.458. The summed E-state index contributed by atoms with van der Waals surface area (Å²) in [5, 5.41) is 4.13. The normalized spacial score (nSPS) is 15.6. The summed E-state index contributed by atoms with van der Waals surface area (Å²) in [6, 6.07) is 23.7. The van der Waals surface area contributed by atoms with Crippen molar-refractivity contribution in [2.45, 2.75) is 38.1 Å². The van der Waals surface area contributed by atoms with Crippen LogP contribution < -0.4 is 10.9 Å². The Morgan fingerprint density at radius 1 is 0.871 bits per heavy atom.